The second kappa shape index (κ2) is 6.09. The number of hydrogen-bond acceptors (Lipinski definition) is 1. The van der Waals surface area contributed by atoms with Crippen LogP contribution in [0, 0.1) is 6.92 Å². The Morgan fingerprint density at radius 3 is 2.29 bits per heavy atom. The summed E-state index contributed by atoms with van der Waals surface area (Å²) in [6.07, 6.45) is 0. The second-order valence-electron chi connectivity index (χ2n) is 4.59. The summed E-state index contributed by atoms with van der Waals surface area (Å²) in [5.41, 5.74) is 9.13. The van der Waals surface area contributed by atoms with E-state index in [0.717, 1.165) is 16.9 Å². The minimum atomic E-state index is -0.402. The van der Waals surface area contributed by atoms with Crippen molar-refractivity contribution in [2.24, 2.45) is 5.73 Å². The van der Waals surface area contributed by atoms with Crippen molar-refractivity contribution in [3.8, 4) is 5.69 Å². The van der Waals surface area contributed by atoms with E-state index in [1.165, 1.54) is 5.39 Å². The maximum atomic E-state index is 11.1. The van der Waals surface area contributed by atoms with Crippen LogP contribution in [-0.2, 0) is 0 Å². The molecule has 21 heavy (non-hydrogen) atoms. The third-order valence-corrected chi connectivity index (χ3v) is 3.30. The molecule has 0 aliphatic carbocycles. The lowest BCUT2D eigenvalue weighted by Crippen LogP contribution is -2.10. The summed E-state index contributed by atoms with van der Waals surface area (Å²) < 4.78 is 2.17. The van der Waals surface area contributed by atoms with E-state index in [1.807, 2.05) is 24.3 Å². The van der Waals surface area contributed by atoms with Crippen molar-refractivity contribution in [3.05, 3.63) is 79.0 Å². The molecule has 0 saturated carbocycles. The van der Waals surface area contributed by atoms with Gasteiger partial charge in [0.05, 0.1) is 5.52 Å². The number of fused-ring (bicyclic) bond motifs is 1. The second-order valence-corrected chi connectivity index (χ2v) is 4.59. The molecule has 1 amide bonds. The van der Waals surface area contributed by atoms with E-state index in [2.05, 4.69) is 42.8 Å². The number of nitrogens with two attached hydrogens (primary N) is 1. The van der Waals surface area contributed by atoms with Crippen LogP contribution in [0.25, 0.3) is 16.6 Å². The standard InChI is InChI=1S/C16H14N2O.C2H4/c1-11-10-13-4-2-3-5-15(13)18(11)14-8-6-12(7-9-14)16(17)19;1-2/h2-10H,1H3,(H2,17,19);1-2H2. The molecule has 2 aromatic carbocycles. The Labute approximate surface area is 124 Å². The summed E-state index contributed by atoms with van der Waals surface area (Å²) in [5.74, 6) is -0.402. The number of para-hydroxylation sites is 1. The first-order valence-corrected chi connectivity index (χ1v) is 6.64. The molecule has 0 fully saturated rings. The van der Waals surface area contributed by atoms with Crippen LogP contribution in [0.15, 0.2) is 67.8 Å². The molecule has 0 atom stereocenters. The highest BCUT2D eigenvalue weighted by Crippen LogP contribution is 2.23. The molecule has 0 aliphatic heterocycles. The fraction of sp³-hybridized carbons (Fsp3) is 0.0556. The van der Waals surface area contributed by atoms with Gasteiger partial charge in [0.2, 0.25) is 5.91 Å². The number of nitrogens with zero attached hydrogens (tertiary/aromatic N) is 1. The number of carbonyl (C=O) groups excluding carboxylic acids is 1. The Morgan fingerprint density at radius 2 is 1.67 bits per heavy atom. The lowest BCUT2D eigenvalue weighted by Gasteiger charge is -2.08. The number of carbonyl (C=O) groups is 1. The van der Waals surface area contributed by atoms with Gasteiger partial charge in [0.25, 0.3) is 0 Å². The molecule has 0 radical (unpaired) electrons. The normalized spacial score (nSPS) is 9.95. The Hall–Kier alpha value is -2.81. The number of benzene rings is 2. The van der Waals surface area contributed by atoms with Gasteiger partial charge in [-0.1, -0.05) is 18.2 Å². The first-order chi connectivity index (χ1) is 10.2. The van der Waals surface area contributed by atoms with Gasteiger partial charge in [-0.05, 0) is 43.3 Å². The molecule has 0 unspecified atom stereocenters. The van der Waals surface area contributed by atoms with E-state index < -0.39 is 5.91 Å². The van der Waals surface area contributed by atoms with Crippen LogP contribution in [0.1, 0.15) is 16.1 Å². The van der Waals surface area contributed by atoms with Gasteiger partial charge in [-0.25, -0.2) is 0 Å². The molecule has 3 aromatic rings. The van der Waals surface area contributed by atoms with E-state index >= 15 is 0 Å². The van der Waals surface area contributed by atoms with Crippen LogP contribution < -0.4 is 5.73 Å². The van der Waals surface area contributed by atoms with E-state index in [4.69, 9.17) is 5.73 Å². The number of rotatable bonds is 2. The van der Waals surface area contributed by atoms with Gasteiger partial charge in [0.1, 0.15) is 0 Å². The Morgan fingerprint density at radius 1 is 1.05 bits per heavy atom. The summed E-state index contributed by atoms with van der Waals surface area (Å²) in [6.45, 7) is 8.07. The molecule has 1 heterocycles. The summed E-state index contributed by atoms with van der Waals surface area (Å²) in [6, 6.07) is 17.7. The predicted octanol–water partition coefficient (Wildman–Crippen LogP) is 3.84. The average Bonchev–Trinajstić information content (AvgIpc) is 2.85. The summed E-state index contributed by atoms with van der Waals surface area (Å²) in [5, 5.41) is 1.21. The molecular weight excluding hydrogens is 260 g/mol. The highest BCUT2D eigenvalue weighted by atomic mass is 16.1. The van der Waals surface area contributed by atoms with Gasteiger partial charge in [-0.3, -0.25) is 4.79 Å². The molecule has 106 valence electrons. The maximum absolute atomic E-state index is 11.1. The Kier molecular flexibility index (Phi) is 4.24. The third kappa shape index (κ3) is 2.72. The van der Waals surface area contributed by atoms with Crippen molar-refractivity contribution >= 4 is 16.8 Å². The zero-order valence-corrected chi connectivity index (χ0v) is 12.0. The van der Waals surface area contributed by atoms with Gasteiger partial charge >= 0.3 is 0 Å². The number of primary amides is 1. The fourth-order valence-corrected chi connectivity index (χ4v) is 2.41. The molecule has 0 saturated heterocycles. The molecule has 3 heteroatoms. The zero-order valence-electron chi connectivity index (χ0n) is 12.0. The number of amides is 1. The van der Waals surface area contributed by atoms with Gasteiger partial charge in [0, 0.05) is 22.3 Å². The maximum Gasteiger partial charge on any atom is 0.248 e. The highest BCUT2D eigenvalue weighted by Gasteiger charge is 2.07. The van der Waals surface area contributed by atoms with Crippen LogP contribution in [0.2, 0.25) is 0 Å². The molecule has 3 nitrogen and oxygen atoms in total. The van der Waals surface area contributed by atoms with E-state index in [1.54, 1.807) is 12.1 Å². The smallest absolute Gasteiger partial charge is 0.248 e. The zero-order chi connectivity index (χ0) is 15.4. The number of aromatic nitrogens is 1. The molecule has 0 bridgehead atoms. The number of aryl methyl sites for hydroxylation is 1. The highest BCUT2D eigenvalue weighted by molar-refractivity contribution is 5.93. The minimum absolute atomic E-state index is 0.402. The van der Waals surface area contributed by atoms with Crippen molar-refractivity contribution < 1.29 is 4.79 Å². The van der Waals surface area contributed by atoms with Crippen molar-refractivity contribution in [1.29, 1.82) is 0 Å². The molecule has 0 aliphatic rings. The first-order valence-electron chi connectivity index (χ1n) is 6.64. The quantitative estimate of drug-likeness (QED) is 0.711. The lowest BCUT2D eigenvalue weighted by molar-refractivity contribution is 0.100. The SMILES string of the molecule is C=C.Cc1cc2ccccc2n1-c1ccc(C(N)=O)cc1. The van der Waals surface area contributed by atoms with E-state index in [-0.39, 0.29) is 0 Å². The molecular formula is C18H18N2O. The van der Waals surface area contributed by atoms with Crippen LogP contribution in [0.4, 0.5) is 0 Å². The van der Waals surface area contributed by atoms with Gasteiger partial charge in [-0.2, -0.15) is 0 Å². The third-order valence-electron chi connectivity index (χ3n) is 3.30. The largest absolute Gasteiger partial charge is 0.366 e. The Balaban J connectivity index is 0.000000774. The van der Waals surface area contributed by atoms with Crippen LogP contribution in [0.5, 0.6) is 0 Å². The van der Waals surface area contributed by atoms with Crippen molar-refractivity contribution in [3.63, 3.8) is 0 Å². The summed E-state index contributed by atoms with van der Waals surface area (Å²) in [4.78, 5) is 11.1. The molecule has 1 aromatic heterocycles. The van der Waals surface area contributed by atoms with Crippen molar-refractivity contribution in [2.45, 2.75) is 6.92 Å². The van der Waals surface area contributed by atoms with Gasteiger partial charge in [-0.15, -0.1) is 13.2 Å². The first kappa shape index (κ1) is 14.6. The van der Waals surface area contributed by atoms with Gasteiger partial charge < -0.3 is 10.3 Å². The van der Waals surface area contributed by atoms with Crippen LogP contribution >= 0.6 is 0 Å². The fourth-order valence-electron chi connectivity index (χ4n) is 2.41. The Bertz CT molecular complexity index is 770. The predicted molar refractivity (Wildman–Crippen MR) is 87.8 cm³/mol. The molecule has 2 N–H and O–H groups in total. The average molecular weight is 278 g/mol. The minimum Gasteiger partial charge on any atom is -0.366 e. The summed E-state index contributed by atoms with van der Waals surface area (Å²) in [7, 11) is 0. The lowest BCUT2D eigenvalue weighted by atomic mass is 10.2. The van der Waals surface area contributed by atoms with Crippen molar-refractivity contribution in [1.82, 2.24) is 4.57 Å². The van der Waals surface area contributed by atoms with Crippen LogP contribution in [0.3, 0.4) is 0 Å². The monoisotopic (exact) mass is 278 g/mol. The topological polar surface area (TPSA) is 48.0 Å². The van der Waals surface area contributed by atoms with Crippen molar-refractivity contribution in [2.75, 3.05) is 0 Å². The summed E-state index contributed by atoms with van der Waals surface area (Å²) >= 11 is 0. The number of hydrogen-bond donors (Lipinski definition) is 1. The van der Waals surface area contributed by atoms with Crippen LogP contribution in [-0.4, -0.2) is 10.5 Å². The van der Waals surface area contributed by atoms with E-state index in [0.29, 0.717) is 5.56 Å². The van der Waals surface area contributed by atoms with Gasteiger partial charge in [0.15, 0.2) is 0 Å². The van der Waals surface area contributed by atoms with E-state index in [9.17, 15) is 4.79 Å². The molecule has 3 rings (SSSR count). The molecule has 0 spiro atoms.